The molecule has 1 heteroatoms. The highest BCUT2D eigenvalue weighted by Crippen LogP contribution is 2.16. The van der Waals surface area contributed by atoms with Crippen LogP contribution in [0, 0.1) is 0 Å². The van der Waals surface area contributed by atoms with Crippen LogP contribution in [0.4, 0.5) is 0 Å². The molecule has 0 saturated carbocycles. The first-order valence-electron chi connectivity index (χ1n) is 4.86. The van der Waals surface area contributed by atoms with E-state index in [1.54, 1.807) is 0 Å². The van der Waals surface area contributed by atoms with E-state index in [1.807, 2.05) is 19.2 Å². The topological polar surface area (TPSA) is 12.9 Å². The molecule has 0 bridgehead atoms. The zero-order valence-corrected chi connectivity index (χ0v) is 8.62. The molecule has 0 aliphatic heterocycles. The van der Waals surface area contributed by atoms with E-state index in [9.17, 15) is 0 Å². The van der Waals surface area contributed by atoms with Crippen LogP contribution in [0.15, 0.2) is 24.4 Å². The molecule has 0 radical (unpaired) electrons. The van der Waals surface area contributed by atoms with Crippen LogP contribution in [0.2, 0.25) is 0 Å². The normalized spacial score (nSPS) is 13.5. The third kappa shape index (κ3) is 2.69. The highest BCUT2D eigenvalue weighted by Gasteiger charge is 2.02. The Morgan fingerprint density at radius 2 is 2.23 bits per heavy atom. The van der Waals surface area contributed by atoms with Gasteiger partial charge in [-0.05, 0) is 30.9 Å². The van der Waals surface area contributed by atoms with Gasteiger partial charge in [0.25, 0.3) is 0 Å². The van der Waals surface area contributed by atoms with Gasteiger partial charge in [-0.25, -0.2) is 0 Å². The maximum Gasteiger partial charge on any atom is 0.0432 e. The Bertz CT molecular complexity index is 272. The largest absolute Gasteiger partial charge is 0.260 e. The second-order valence-electron chi connectivity index (χ2n) is 3.33. The molecule has 13 heavy (non-hydrogen) atoms. The molecule has 0 aliphatic rings. The van der Waals surface area contributed by atoms with Crippen LogP contribution in [0.3, 0.4) is 0 Å². The van der Waals surface area contributed by atoms with Crippen molar-refractivity contribution in [3.05, 3.63) is 35.7 Å². The summed E-state index contributed by atoms with van der Waals surface area (Å²) < 4.78 is 0. The van der Waals surface area contributed by atoms with Gasteiger partial charge in [0.1, 0.15) is 0 Å². The fourth-order valence-corrected chi connectivity index (χ4v) is 1.21. The summed E-state index contributed by atoms with van der Waals surface area (Å²) in [6.45, 7) is 6.41. The first-order valence-corrected chi connectivity index (χ1v) is 4.86. The SMILES string of the molecule is CC=Cc1ccc(C(C)CC)nc1. The van der Waals surface area contributed by atoms with E-state index in [4.69, 9.17) is 0 Å². The third-order valence-electron chi connectivity index (χ3n) is 2.29. The van der Waals surface area contributed by atoms with E-state index in [1.165, 1.54) is 11.3 Å². The lowest BCUT2D eigenvalue weighted by molar-refractivity contribution is 0.708. The Morgan fingerprint density at radius 1 is 1.46 bits per heavy atom. The zero-order chi connectivity index (χ0) is 9.68. The minimum absolute atomic E-state index is 0.569. The molecule has 0 amide bonds. The minimum atomic E-state index is 0.569. The van der Waals surface area contributed by atoms with E-state index in [0.29, 0.717) is 5.92 Å². The Labute approximate surface area is 80.5 Å². The highest BCUT2D eigenvalue weighted by molar-refractivity contribution is 5.47. The van der Waals surface area contributed by atoms with E-state index in [0.717, 1.165) is 6.42 Å². The number of nitrogens with zero attached hydrogens (tertiary/aromatic N) is 1. The van der Waals surface area contributed by atoms with Crippen LogP contribution < -0.4 is 0 Å². The van der Waals surface area contributed by atoms with Gasteiger partial charge < -0.3 is 0 Å². The van der Waals surface area contributed by atoms with Gasteiger partial charge >= 0.3 is 0 Å². The van der Waals surface area contributed by atoms with Crippen molar-refractivity contribution in [1.29, 1.82) is 0 Å². The minimum Gasteiger partial charge on any atom is -0.260 e. The molecule has 0 N–H and O–H groups in total. The van der Waals surface area contributed by atoms with Gasteiger partial charge in [-0.2, -0.15) is 0 Å². The Kier molecular flexibility index (Phi) is 3.69. The van der Waals surface area contributed by atoms with Crippen LogP contribution >= 0.6 is 0 Å². The Balaban J connectivity index is 2.80. The molecule has 1 nitrogen and oxygen atoms in total. The lowest BCUT2D eigenvalue weighted by Gasteiger charge is -2.06. The van der Waals surface area contributed by atoms with Crippen molar-refractivity contribution in [2.75, 3.05) is 0 Å². The summed E-state index contributed by atoms with van der Waals surface area (Å²) in [5, 5.41) is 0. The summed E-state index contributed by atoms with van der Waals surface area (Å²) in [5.41, 5.74) is 2.37. The summed E-state index contributed by atoms with van der Waals surface area (Å²) in [4.78, 5) is 4.42. The van der Waals surface area contributed by atoms with Gasteiger partial charge in [-0.15, -0.1) is 0 Å². The van der Waals surface area contributed by atoms with E-state index >= 15 is 0 Å². The van der Waals surface area contributed by atoms with Crippen molar-refractivity contribution in [2.45, 2.75) is 33.1 Å². The van der Waals surface area contributed by atoms with Gasteiger partial charge in [0, 0.05) is 11.9 Å². The second-order valence-corrected chi connectivity index (χ2v) is 3.33. The molecule has 1 aromatic rings. The van der Waals surface area contributed by atoms with Crippen LogP contribution in [0.5, 0.6) is 0 Å². The van der Waals surface area contributed by atoms with Gasteiger partial charge in [0.15, 0.2) is 0 Å². The second kappa shape index (κ2) is 4.80. The summed E-state index contributed by atoms with van der Waals surface area (Å²) in [6, 6.07) is 4.23. The Morgan fingerprint density at radius 3 is 2.69 bits per heavy atom. The number of allylic oxidation sites excluding steroid dienone is 1. The molecule has 0 fully saturated rings. The summed E-state index contributed by atoms with van der Waals surface area (Å²) >= 11 is 0. The van der Waals surface area contributed by atoms with Crippen molar-refractivity contribution < 1.29 is 0 Å². The number of hydrogen-bond donors (Lipinski definition) is 0. The van der Waals surface area contributed by atoms with E-state index < -0.39 is 0 Å². The lowest BCUT2D eigenvalue weighted by atomic mass is 10.0. The molecule has 1 aromatic heterocycles. The van der Waals surface area contributed by atoms with Crippen LogP contribution in [0.25, 0.3) is 6.08 Å². The average molecular weight is 175 g/mol. The van der Waals surface area contributed by atoms with Crippen LogP contribution in [0.1, 0.15) is 44.4 Å². The molecule has 0 aromatic carbocycles. The number of aromatic nitrogens is 1. The highest BCUT2D eigenvalue weighted by atomic mass is 14.7. The van der Waals surface area contributed by atoms with Crippen LogP contribution in [-0.2, 0) is 0 Å². The summed E-state index contributed by atoms with van der Waals surface area (Å²) in [7, 11) is 0. The Hall–Kier alpha value is -1.11. The standard InChI is InChI=1S/C12H17N/c1-4-6-11-7-8-12(13-9-11)10(3)5-2/h4,6-10H,5H2,1-3H3. The first-order chi connectivity index (χ1) is 6.27. The molecular formula is C12H17N. The molecule has 0 aliphatic carbocycles. The maximum absolute atomic E-state index is 4.42. The number of hydrogen-bond acceptors (Lipinski definition) is 1. The molecule has 1 rings (SSSR count). The van der Waals surface area contributed by atoms with Crippen molar-refractivity contribution in [1.82, 2.24) is 4.98 Å². The third-order valence-corrected chi connectivity index (χ3v) is 2.29. The van der Waals surface area contributed by atoms with Gasteiger partial charge in [0.2, 0.25) is 0 Å². The van der Waals surface area contributed by atoms with Crippen molar-refractivity contribution in [2.24, 2.45) is 0 Å². The fourth-order valence-electron chi connectivity index (χ4n) is 1.21. The number of rotatable bonds is 3. The van der Waals surface area contributed by atoms with Crippen molar-refractivity contribution >= 4 is 6.08 Å². The number of pyridine rings is 1. The fraction of sp³-hybridized carbons (Fsp3) is 0.417. The lowest BCUT2D eigenvalue weighted by Crippen LogP contribution is -1.94. The first kappa shape index (κ1) is 9.97. The van der Waals surface area contributed by atoms with E-state index in [-0.39, 0.29) is 0 Å². The average Bonchev–Trinajstić information content (AvgIpc) is 2.18. The smallest absolute Gasteiger partial charge is 0.0432 e. The molecule has 0 spiro atoms. The molecule has 0 saturated heterocycles. The van der Waals surface area contributed by atoms with Crippen LogP contribution in [-0.4, -0.2) is 4.98 Å². The maximum atomic E-state index is 4.42. The molecule has 1 atom stereocenters. The molecule has 1 heterocycles. The van der Waals surface area contributed by atoms with Gasteiger partial charge in [-0.1, -0.05) is 32.1 Å². The molecular weight excluding hydrogens is 158 g/mol. The molecule has 1 unspecified atom stereocenters. The van der Waals surface area contributed by atoms with Gasteiger partial charge in [0.05, 0.1) is 0 Å². The van der Waals surface area contributed by atoms with E-state index in [2.05, 4.69) is 37.0 Å². The summed E-state index contributed by atoms with van der Waals surface area (Å²) in [5.74, 6) is 0.569. The predicted molar refractivity (Wildman–Crippen MR) is 57.7 cm³/mol. The monoisotopic (exact) mass is 175 g/mol. The molecule has 70 valence electrons. The van der Waals surface area contributed by atoms with Crippen molar-refractivity contribution in [3.63, 3.8) is 0 Å². The van der Waals surface area contributed by atoms with Crippen molar-refractivity contribution in [3.8, 4) is 0 Å². The quantitative estimate of drug-likeness (QED) is 0.683. The predicted octanol–water partition coefficient (Wildman–Crippen LogP) is 3.63. The zero-order valence-electron chi connectivity index (χ0n) is 8.62. The van der Waals surface area contributed by atoms with Gasteiger partial charge in [-0.3, -0.25) is 4.98 Å². The summed E-state index contributed by atoms with van der Waals surface area (Å²) in [6.07, 6.45) is 7.17.